The summed E-state index contributed by atoms with van der Waals surface area (Å²) >= 11 is 0. The molecule has 0 aliphatic rings. The minimum absolute atomic E-state index is 0.0865. The van der Waals surface area contributed by atoms with E-state index in [-0.39, 0.29) is 4.90 Å². The first-order valence-corrected chi connectivity index (χ1v) is 17.4. The molecule has 0 spiro atoms. The predicted molar refractivity (Wildman–Crippen MR) is 165 cm³/mol. The Kier molecular flexibility index (Phi) is 17.0. The first-order valence-electron chi connectivity index (χ1n) is 16.0. The highest BCUT2D eigenvalue weighted by atomic mass is 32.2. The molecule has 0 atom stereocenters. The highest BCUT2D eigenvalue weighted by Crippen LogP contribution is 2.29. The maximum absolute atomic E-state index is 12.1. The second-order valence-electron chi connectivity index (χ2n) is 11.4. The smallest absolute Gasteiger partial charge is 0.282 e. The zero-order valence-electron chi connectivity index (χ0n) is 24.6. The number of unbranched alkanes of at least 4 members (excludes halogenated alkanes) is 18. The van der Waals surface area contributed by atoms with Crippen LogP contribution in [-0.4, -0.2) is 13.0 Å². The van der Waals surface area contributed by atoms with Crippen molar-refractivity contribution in [1.82, 2.24) is 0 Å². The Morgan fingerprint density at radius 1 is 0.553 bits per heavy atom. The Bertz CT molecular complexity index is 996. The summed E-state index contributed by atoms with van der Waals surface area (Å²) in [5.41, 5.74) is 2.11. The third-order valence-electron chi connectivity index (χ3n) is 8.03. The summed E-state index contributed by atoms with van der Waals surface area (Å²) in [6.45, 7) is 4.52. The van der Waals surface area contributed by atoms with Gasteiger partial charge in [0.05, 0.1) is 4.90 Å². The van der Waals surface area contributed by atoms with E-state index in [0.717, 1.165) is 35.6 Å². The molecule has 0 fully saturated rings. The van der Waals surface area contributed by atoms with E-state index in [1.165, 1.54) is 121 Å². The summed E-state index contributed by atoms with van der Waals surface area (Å²) in [6, 6.07) is 9.93. The predicted octanol–water partition coefficient (Wildman–Crippen LogP) is 11.0. The average Bonchev–Trinajstić information content (AvgIpc) is 2.90. The molecule has 0 radical (unpaired) electrons. The van der Waals surface area contributed by atoms with Gasteiger partial charge in [0.25, 0.3) is 10.1 Å². The topological polar surface area (TPSA) is 54.4 Å². The maximum Gasteiger partial charge on any atom is 0.294 e. The second kappa shape index (κ2) is 19.6. The number of benzene rings is 2. The lowest BCUT2D eigenvalue weighted by molar-refractivity contribution is 0.482. The van der Waals surface area contributed by atoms with E-state index in [1.54, 1.807) is 6.07 Å². The van der Waals surface area contributed by atoms with Crippen molar-refractivity contribution in [3.05, 3.63) is 41.5 Å². The normalized spacial score (nSPS) is 12.0. The lowest BCUT2D eigenvalue weighted by Gasteiger charge is -2.13. The van der Waals surface area contributed by atoms with Crippen molar-refractivity contribution in [3.8, 4) is 0 Å². The lowest BCUT2D eigenvalue weighted by atomic mass is 9.96. The van der Waals surface area contributed by atoms with E-state index in [1.807, 2.05) is 6.07 Å². The van der Waals surface area contributed by atoms with E-state index in [4.69, 9.17) is 0 Å². The van der Waals surface area contributed by atoms with E-state index in [9.17, 15) is 13.0 Å². The van der Waals surface area contributed by atoms with E-state index < -0.39 is 10.1 Å². The minimum atomic E-state index is -4.23. The Balaban J connectivity index is 1.82. The van der Waals surface area contributed by atoms with Crippen molar-refractivity contribution in [3.63, 3.8) is 0 Å². The number of hydrogen-bond donors (Lipinski definition) is 1. The quantitative estimate of drug-likeness (QED) is 0.112. The van der Waals surface area contributed by atoms with Crippen molar-refractivity contribution in [1.29, 1.82) is 0 Å². The fourth-order valence-corrected chi connectivity index (χ4v) is 6.45. The third kappa shape index (κ3) is 13.1. The molecule has 4 heteroatoms. The Morgan fingerprint density at radius 3 is 1.47 bits per heavy atom. The van der Waals surface area contributed by atoms with Crippen molar-refractivity contribution in [2.75, 3.05) is 0 Å². The van der Waals surface area contributed by atoms with Crippen LogP contribution in [0.25, 0.3) is 10.8 Å². The molecule has 1 N–H and O–H groups in total. The van der Waals surface area contributed by atoms with Crippen LogP contribution in [0.3, 0.4) is 0 Å². The molecule has 216 valence electrons. The SMILES string of the molecule is CCCCCCCCCCCCc1ccc2c(CCCCCCCCCCCC)c(S(=O)(=O)O)ccc2c1. The summed E-state index contributed by atoms with van der Waals surface area (Å²) in [7, 11) is -4.23. The van der Waals surface area contributed by atoms with Gasteiger partial charge in [0.15, 0.2) is 0 Å². The molecule has 0 saturated heterocycles. The van der Waals surface area contributed by atoms with Gasteiger partial charge in [-0.05, 0) is 53.6 Å². The molecule has 0 bridgehead atoms. The highest BCUT2D eigenvalue weighted by Gasteiger charge is 2.18. The van der Waals surface area contributed by atoms with E-state index in [0.29, 0.717) is 6.42 Å². The molecule has 0 aliphatic carbocycles. The highest BCUT2D eigenvalue weighted by molar-refractivity contribution is 7.85. The molecule has 0 saturated carbocycles. The van der Waals surface area contributed by atoms with Crippen molar-refractivity contribution < 1.29 is 13.0 Å². The molecule has 0 unspecified atom stereocenters. The number of rotatable bonds is 23. The second-order valence-corrected chi connectivity index (χ2v) is 12.8. The maximum atomic E-state index is 12.1. The van der Waals surface area contributed by atoms with Gasteiger partial charge < -0.3 is 0 Å². The summed E-state index contributed by atoms with van der Waals surface area (Å²) in [5, 5.41) is 2.06. The summed E-state index contributed by atoms with van der Waals surface area (Å²) < 4.78 is 34.1. The fraction of sp³-hybridized carbons (Fsp3) is 0.706. The van der Waals surface area contributed by atoms with Crippen LogP contribution in [0, 0.1) is 0 Å². The molecule has 2 rings (SSSR count). The molecule has 38 heavy (non-hydrogen) atoms. The molecule has 3 nitrogen and oxygen atoms in total. The van der Waals surface area contributed by atoms with Crippen LogP contribution in [0.1, 0.15) is 153 Å². The average molecular weight is 545 g/mol. The lowest BCUT2D eigenvalue weighted by Crippen LogP contribution is -2.04. The van der Waals surface area contributed by atoms with E-state index >= 15 is 0 Å². The van der Waals surface area contributed by atoms with Gasteiger partial charge in [-0.25, -0.2) is 0 Å². The molecule has 0 amide bonds. The Morgan fingerprint density at radius 2 is 1.00 bits per heavy atom. The largest absolute Gasteiger partial charge is 0.294 e. The van der Waals surface area contributed by atoms with Crippen LogP contribution < -0.4 is 0 Å². The monoisotopic (exact) mass is 544 g/mol. The zero-order chi connectivity index (χ0) is 27.5. The van der Waals surface area contributed by atoms with Gasteiger partial charge in [0.1, 0.15) is 0 Å². The summed E-state index contributed by atoms with van der Waals surface area (Å²) in [4.78, 5) is 0.0865. The van der Waals surface area contributed by atoms with Crippen molar-refractivity contribution >= 4 is 20.9 Å². The van der Waals surface area contributed by atoms with Crippen LogP contribution >= 0.6 is 0 Å². The number of aryl methyl sites for hydroxylation is 2. The molecule has 0 heterocycles. The van der Waals surface area contributed by atoms with Crippen LogP contribution in [-0.2, 0) is 23.0 Å². The van der Waals surface area contributed by atoms with E-state index in [2.05, 4.69) is 32.0 Å². The summed E-state index contributed by atoms with van der Waals surface area (Å²) in [5.74, 6) is 0. The first-order chi connectivity index (χ1) is 18.5. The van der Waals surface area contributed by atoms with Gasteiger partial charge >= 0.3 is 0 Å². The summed E-state index contributed by atoms with van der Waals surface area (Å²) in [6.07, 6.45) is 27.7. The molecule has 0 aromatic heterocycles. The Hall–Kier alpha value is -1.39. The van der Waals surface area contributed by atoms with Gasteiger partial charge in [0, 0.05) is 0 Å². The van der Waals surface area contributed by atoms with Gasteiger partial charge in [-0.15, -0.1) is 0 Å². The van der Waals surface area contributed by atoms with Crippen LogP contribution in [0.4, 0.5) is 0 Å². The molecule has 0 aliphatic heterocycles. The van der Waals surface area contributed by atoms with Gasteiger partial charge in [-0.2, -0.15) is 8.42 Å². The van der Waals surface area contributed by atoms with Gasteiger partial charge in [0.2, 0.25) is 0 Å². The molecular weight excluding hydrogens is 488 g/mol. The third-order valence-corrected chi connectivity index (χ3v) is 8.97. The zero-order valence-corrected chi connectivity index (χ0v) is 25.4. The first kappa shape index (κ1) is 32.8. The van der Waals surface area contributed by atoms with Crippen molar-refractivity contribution in [2.24, 2.45) is 0 Å². The Labute approximate surface area is 235 Å². The van der Waals surface area contributed by atoms with Gasteiger partial charge in [-0.3, -0.25) is 4.55 Å². The standard InChI is InChI=1S/C34H56O3S/c1-3-5-7-9-11-13-15-17-19-21-23-30-25-27-32-31(29-30)26-28-34(38(35,36)37)33(32)24-22-20-18-16-14-12-10-8-6-4-2/h25-29H,3-24H2,1-2H3,(H,35,36,37). The number of hydrogen-bond acceptors (Lipinski definition) is 2. The van der Waals surface area contributed by atoms with Crippen LogP contribution in [0.2, 0.25) is 0 Å². The number of fused-ring (bicyclic) bond motifs is 1. The van der Waals surface area contributed by atoms with Crippen LogP contribution in [0.5, 0.6) is 0 Å². The fourth-order valence-electron chi connectivity index (χ4n) is 5.68. The minimum Gasteiger partial charge on any atom is -0.282 e. The molecule has 2 aromatic carbocycles. The van der Waals surface area contributed by atoms with Gasteiger partial charge in [-0.1, -0.05) is 154 Å². The van der Waals surface area contributed by atoms with Crippen LogP contribution in [0.15, 0.2) is 35.2 Å². The van der Waals surface area contributed by atoms with Crippen molar-refractivity contribution in [2.45, 2.75) is 160 Å². The molecular formula is C34H56O3S. The molecule has 2 aromatic rings.